The summed E-state index contributed by atoms with van der Waals surface area (Å²) in [5, 5.41) is 11.7. The zero-order valence-electron chi connectivity index (χ0n) is 12.6. The van der Waals surface area contributed by atoms with E-state index in [1.165, 1.54) is 11.1 Å². The molecule has 20 heavy (non-hydrogen) atoms. The predicted octanol–water partition coefficient (Wildman–Crippen LogP) is 3.42. The van der Waals surface area contributed by atoms with Gasteiger partial charge in [0.1, 0.15) is 0 Å². The first-order chi connectivity index (χ1) is 9.80. The van der Waals surface area contributed by atoms with Crippen molar-refractivity contribution in [3.63, 3.8) is 0 Å². The van der Waals surface area contributed by atoms with Gasteiger partial charge in [0.05, 0.1) is 11.9 Å². The zero-order valence-corrected chi connectivity index (χ0v) is 12.6. The molecule has 0 radical (unpaired) electrons. The van der Waals surface area contributed by atoms with E-state index in [1.54, 1.807) is 0 Å². The smallest absolute Gasteiger partial charge is 0.0885 e. The molecule has 1 heterocycles. The van der Waals surface area contributed by atoms with Crippen LogP contribution < -0.4 is 5.32 Å². The van der Waals surface area contributed by atoms with Crippen molar-refractivity contribution < 1.29 is 0 Å². The lowest BCUT2D eigenvalue weighted by Crippen LogP contribution is -2.19. The quantitative estimate of drug-likeness (QED) is 0.840. The molecule has 0 saturated carbocycles. The number of aryl methyl sites for hydroxylation is 1. The fourth-order valence-corrected chi connectivity index (χ4v) is 2.49. The molecule has 0 saturated heterocycles. The monoisotopic (exact) mass is 272 g/mol. The van der Waals surface area contributed by atoms with E-state index in [0.717, 1.165) is 31.6 Å². The van der Waals surface area contributed by atoms with E-state index >= 15 is 0 Å². The minimum atomic E-state index is 0.438. The molecular formula is C16H24N4. The molecule has 1 aromatic heterocycles. The standard InChI is InChI=1S/C16H24N4/c1-4-11-20-16(12-18-19-20)14-9-7-13(8-10-14)15(5-2)17-6-3/h7-10,12,15,17H,4-6,11H2,1-3H3. The Bertz CT molecular complexity index is 516. The van der Waals surface area contributed by atoms with Crippen LogP contribution in [0.15, 0.2) is 30.5 Å². The van der Waals surface area contributed by atoms with Gasteiger partial charge in [-0.05, 0) is 24.9 Å². The molecule has 4 heteroatoms. The highest BCUT2D eigenvalue weighted by Gasteiger charge is 2.09. The summed E-state index contributed by atoms with van der Waals surface area (Å²) in [4.78, 5) is 0. The average Bonchev–Trinajstić information content (AvgIpc) is 2.94. The minimum absolute atomic E-state index is 0.438. The van der Waals surface area contributed by atoms with Gasteiger partial charge in [0.25, 0.3) is 0 Å². The van der Waals surface area contributed by atoms with Crippen LogP contribution in [-0.2, 0) is 6.54 Å². The maximum Gasteiger partial charge on any atom is 0.0885 e. The van der Waals surface area contributed by atoms with Crippen molar-refractivity contribution in [3.8, 4) is 11.3 Å². The van der Waals surface area contributed by atoms with Gasteiger partial charge in [0, 0.05) is 18.2 Å². The third-order valence-electron chi connectivity index (χ3n) is 3.52. The van der Waals surface area contributed by atoms with Crippen molar-refractivity contribution in [1.82, 2.24) is 20.3 Å². The van der Waals surface area contributed by atoms with Gasteiger partial charge in [-0.3, -0.25) is 0 Å². The van der Waals surface area contributed by atoms with E-state index in [0.29, 0.717) is 6.04 Å². The van der Waals surface area contributed by atoms with Crippen LogP contribution in [0.1, 0.15) is 45.2 Å². The first-order valence-corrected chi connectivity index (χ1v) is 7.52. The van der Waals surface area contributed by atoms with Gasteiger partial charge in [-0.1, -0.05) is 50.3 Å². The molecule has 2 aromatic rings. The van der Waals surface area contributed by atoms with Crippen molar-refractivity contribution in [2.45, 2.75) is 46.2 Å². The molecule has 0 fully saturated rings. The molecule has 0 aliphatic rings. The summed E-state index contributed by atoms with van der Waals surface area (Å²) in [7, 11) is 0. The number of aromatic nitrogens is 3. The third-order valence-corrected chi connectivity index (χ3v) is 3.52. The van der Waals surface area contributed by atoms with Crippen LogP contribution in [0.25, 0.3) is 11.3 Å². The van der Waals surface area contributed by atoms with Crippen LogP contribution in [-0.4, -0.2) is 21.5 Å². The topological polar surface area (TPSA) is 42.7 Å². The Hall–Kier alpha value is -1.68. The van der Waals surface area contributed by atoms with E-state index in [9.17, 15) is 0 Å². The van der Waals surface area contributed by atoms with Gasteiger partial charge < -0.3 is 5.32 Å². The Labute approximate surface area is 121 Å². The van der Waals surface area contributed by atoms with E-state index in [-0.39, 0.29) is 0 Å². The summed E-state index contributed by atoms with van der Waals surface area (Å²) in [5.74, 6) is 0. The number of nitrogens with zero attached hydrogens (tertiary/aromatic N) is 3. The lowest BCUT2D eigenvalue weighted by atomic mass is 10.0. The Morgan fingerprint density at radius 2 is 1.90 bits per heavy atom. The molecule has 0 spiro atoms. The lowest BCUT2D eigenvalue weighted by molar-refractivity contribution is 0.537. The fourth-order valence-electron chi connectivity index (χ4n) is 2.49. The number of nitrogens with one attached hydrogen (secondary N) is 1. The number of hydrogen-bond acceptors (Lipinski definition) is 3. The van der Waals surface area contributed by atoms with Crippen LogP contribution in [0.4, 0.5) is 0 Å². The lowest BCUT2D eigenvalue weighted by Gasteiger charge is -2.16. The molecular weight excluding hydrogens is 248 g/mol. The Balaban J connectivity index is 2.21. The van der Waals surface area contributed by atoms with Crippen molar-refractivity contribution in [2.24, 2.45) is 0 Å². The zero-order chi connectivity index (χ0) is 14.4. The molecule has 0 amide bonds. The normalized spacial score (nSPS) is 12.6. The van der Waals surface area contributed by atoms with Gasteiger partial charge in [-0.2, -0.15) is 0 Å². The van der Waals surface area contributed by atoms with E-state index < -0.39 is 0 Å². The molecule has 1 unspecified atom stereocenters. The summed E-state index contributed by atoms with van der Waals surface area (Å²) in [6, 6.07) is 9.18. The fraction of sp³-hybridized carbons (Fsp3) is 0.500. The van der Waals surface area contributed by atoms with E-state index in [2.05, 4.69) is 60.7 Å². The summed E-state index contributed by atoms with van der Waals surface area (Å²) < 4.78 is 1.97. The van der Waals surface area contributed by atoms with Gasteiger partial charge in [0.2, 0.25) is 0 Å². The third kappa shape index (κ3) is 3.25. The Kier molecular flexibility index (Phi) is 5.30. The molecule has 1 atom stereocenters. The molecule has 4 nitrogen and oxygen atoms in total. The first kappa shape index (κ1) is 14.7. The number of rotatable bonds is 7. The second-order valence-corrected chi connectivity index (χ2v) is 4.98. The van der Waals surface area contributed by atoms with Crippen LogP contribution in [0.5, 0.6) is 0 Å². The minimum Gasteiger partial charge on any atom is -0.310 e. The highest BCUT2D eigenvalue weighted by atomic mass is 15.4. The van der Waals surface area contributed by atoms with E-state index in [1.807, 2.05) is 10.9 Å². The van der Waals surface area contributed by atoms with Crippen molar-refractivity contribution in [3.05, 3.63) is 36.0 Å². The summed E-state index contributed by atoms with van der Waals surface area (Å²) >= 11 is 0. The Morgan fingerprint density at radius 1 is 1.15 bits per heavy atom. The molecule has 0 aliphatic heterocycles. The molecule has 1 N–H and O–H groups in total. The average molecular weight is 272 g/mol. The van der Waals surface area contributed by atoms with Crippen LogP contribution >= 0.6 is 0 Å². The second kappa shape index (κ2) is 7.20. The first-order valence-electron chi connectivity index (χ1n) is 7.52. The maximum absolute atomic E-state index is 4.14. The predicted molar refractivity (Wildman–Crippen MR) is 82.5 cm³/mol. The van der Waals surface area contributed by atoms with Crippen molar-refractivity contribution in [1.29, 1.82) is 0 Å². The molecule has 0 bridgehead atoms. The highest BCUT2D eigenvalue weighted by Crippen LogP contribution is 2.22. The maximum atomic E-state index is 4.14. The summed E-state index contributed by atoms with van der Waals surface area (Å²) in [6.07, 6.45) is 4.00. The van der Waals surface area contributed by atoms with Gasteiger partial charge >= 0.3 is 0 Å². The van der Waals surface area contributed by atoms with E-state index in [4.69, 9.17) is 0 Å². The van der Waals surface area contributed by atoms with Crippen LogP contribution in [0.3, 0.4) is 0 Å². The molecule has 108 valence electrons. The highest BCUT2D eigenvalue weighted by molar-refractivity contribution is 5.58. The summed E-state index contributed by atoms with van der Waals surface area (Å²) in [5.41, 5.74) is 3.61. The SMILES string of the molecule is CCCn1nncc1-c1ccc(C(CC)NCC)cc1. The van der Waals surface area contributed by atoms with Crippen molar-refractivity contribution >= 4 is 0 Å². The van der Waals surface area contributed by atoms with Gasteiger partial charge in [0.15, 0.2) is 0 Å². The van der Waals surface area contributed by atoms with Gasteiger partial charge in [-0.15, -0.1) is 5.10 Å². The number of benzene rings is 1. The number of hydrogen-bond donors (Lipinski definition) is 1. The van der Waals surface area contributed by atoms with Crippen molar-refractivity contribution in [2.75, 3.05) is 6.54 Å². The largest absolute Gasteiger partial charge is 0.310 e. The Morgan fingerprint density at radius 3 is 2.50 bits per heavy atom. The second-order valence-electron chi connectivity index (χ2n) is 4.98. The van der Waals surface area contributed by atoms with Crippen LogP contribution in [0, 0.1) is 0 Å². The molecule has 2 rings (SSSR count). The molecule has 0 aliphatic carbocycles. The summed E-state index contributed by atoms with van der Waals surface area (Å²) in [6.45, 7) is 8.41. The molecule has 1 aromatic carbocycles. The van der Waals surface area contributed by atoms with Crippen LogP contribution in [0.2, 0.25) is 0 Å². The van der Waals surface area contributed by atoms with Gasteiger partial charge in [-0.25, -0.2) is 4.68 Å².